The van der Waals surface area contributed by atoms with Gasteiger partial charge in [-0.1, -0.05) is 31.5 Å². The molecule has 35 heavy (non-hydrogen) atoms. The van der Waals surface area contributed by atoms with E-state index >= 15 is 0 Å². The van der Waals surface area contributed by atoms with E-state index in [1.54, 1.807) is 12.1 Å². The smallest absolute Gasteiger partial charge is 0.302 e. The lowest BCUT2D eigenvalue weighted by molar-refractivity contribution is -0.158. The van der Waals surface area contributed by atoms with E-state index in [2.05, 4.69) is 23.8 Å². The molecule has 0 heterocycles. The highest BCUT2D eigenvalue weighted by molar-refractivity contribution is 7.89. The van der Waals surface area contributed by atoms with Crippen LogP contribution in [0.2, 0.25) is 0 Å². The van der Waals surface area contributed by atoms with E-state index < -0.39 is 10.0 Å². The number of hydrogen-bond acceptors (Lipinski definition) is 5. The molecule has 4 aliphatic carbocycles. The van der Waals surface area contributed by atoms with Crippen molar-refractivity contribution in [1.82, 2.24) is 4.83 Å². The van der Waals surface area contributed by atoms with E-state index in [0.717, 1.165) is 49.8 Å². The standard InChI is InChI=1S/C28H40N2O4S/c1-18-5-8-22(9-6-18)35(32,33)30-29-26-12-11-24-23-10-7-20-17-21(34-19(2)31)13-15-27(20,3)25(23)14-16-28(24,26)4/h5-6,8-9,20-21,23-25,30H,7,10-17H2,1-4H3/t20-,21+,23-,24-,25+,27+,28+/m1/s1. The zero-order valence-corrected chi connectivity index (χ0v) is 22.4. The third-order valence-electron chi connectivity index (χ3n) is 10.3. The van der Waals surface area contributed by atoms with Crippen LogP contribution in [0.15, 0.2) is 34.3 Å². The highest BCUT2D eigenvalue weighted by Crippen LogP contribution is 2.65. The normalized spacial score (nSPS) is 39.9. The maximum atomic E-state index is 12.8. The van der Waals surface area contributed by atoms with Gasteiger partial charge in [0.05, 0.1) is 4.90 Å². The van der Waals surface area contributed by atoms with Gasteiger partial charge in [0.1, 0.15) is 6.10 Å². The summed E-state index contributed by atoms with van der Waals surface area (Å²) in [4.78, 5) is 14.3. The van der Waals surface area contributed by atoms with Gasteiger partial charge in [-0.05, 0) is 106 Å². The third-order valence-corrected chi connectivity index (χ3v) is 11.5. The summed E-state index contributed by atoms with van der Waals surface area (Å²) in [6.45, 7) is 8.29. The topological polar surface area (TPSA) is 84.8 Å². The lowest BCUT2D eigenvalue weighted by atomic mass is 9.45. The van der Waals surface area contributed by atoms with Gasteiger partial charge in [-0.2, -0.15) is 13.5 Å². The van der Waals surface area contributed by atoms with Crippen LogP contribution in [0.1, 0.15) is 84.1 Å². The van der Waals surface area contributed by atoms with Crippen molar-refractivity contribution in [1.29, 1.82) is 0 Å². The Labute approximate surface area is 210 Å². The van der Waals surface area contributed by atoms with E-state index in [1.807, 2.05) is 19.1 Å². The number of benzene rings is 1. The zero-order chi connectivity index (χ0) is 25.0. The summed E-state index contributed by atoms with van der Waals surface area (Å²) in [5.41, 5.74) is 2.34. The molecule has 0 bridgehead atoms. The van der Waals surface area contributed by atoms with Gasteiger partial charge in [0, 0.05) is 18.1 Å². The number of hydrogen-bond donors (Lipinski definition) is 1. The summed E-state index contributed by atoms with van der Waals surface area (Å²) in [5.74, 6) is 2.40. The number of hydrazone groups is 1. The number of rotatable bonds is 4. The van der Waals surface area contributed by atoms with Crippen LogP contribution in [0, 0.1) is 41.4 Å². The molecule has 5 rings (SSSR count). The second-order valence-corrected chi connectivity index (χ2v) is 13.8. The van der Waals surface area contributed by atoms with Gasteiger partial charge in [-0.25, -0.2) is 4.83 Å². The Morgan fingerprint density at radius 1 is 1.03 bits per heavy atom. The Balaban J connectivity index is 1.31. The molecule has 0 saturated heterocycles. The van der Waals surface area contributed by atoms with Crippen LogP contribution in [0.25, 0.3) is 0 Å². The third kappa shape index (κ3) is 4.32. The number of nitrogens with one attached hydrogen (secondary N) is 1. The lowest BCUT2D eigenvalue weighted by Crippen LogP contribution is -2.54. The van der Waals surface area contributed by atoms with Gasteiger partial charge in [0.25, 0.3) is 10.0 Å². The van der Waals surface area contributed by atoms with Crippen LogP contribution < -0.4 is 4.83 Å². The van der Waals surface area contributed by atoms with E-state index in [-0.39, 0.29) is 22.4 Å². The Hall–Kier alpha value is -1.89. The molecule has 7 atom stereocenters. The van der Waals surface area contributed by atoms with Gasteiger partial charge in [-0.3, -0.25) is 4.79 Å². The predicted molar refractivity (Wildman–Crippen MR) is 136 cm³/mol. The van der Waals surface area contributed by atoms with E-state index in [9.17, 15) is 13.2 Å². The van der Waals surface area contributed by atoms with Crippen molar-refractivity contribution in [2.24, 2.45) is 39.6 Å². The second kappa shape index (κ2) is 8.89. The molecule has 6 nitrogen and oxygen atoms in total. The molecule has 0 aromatic heterocycles. The first-order valence-corrected chi connectivity index (χ1v) is 14.8. The molecule has 0 aliphatic heterocycles. The summed E-state index contributed by atoms with van der Waals surface area (Å²) < 4.78 is 31.3. The maximum absolute atomic E-state index is 12.8. The van der Waals surface area contributed by atoms with Gasteiger partial charge in [0.2, 0.25) is 0 Å². The maximum Gasteiger partial charge on any atom is 0.302 e. The van der Waals surface area contributed by atoms with Crippen molar-refractivity contribution in [2.45, 2.75) is 96.5 Å². The summed E-state index contributed by atoms with van der Waals surface area (Å²) in [7, 11) is -3.67. The number of sulfonamides is 1. The molecule has 0 radical (unpaired) electrons. The average molecular weight is 501 g/mol. The first-order valence-electron chi connectivity index (χ1n) is 13.4. The molecule has 0 unspecified atom stereocenters. The van der Waals surface area contributed by atoms with Crippen LogP contribution in [-0.2, 0) is 19.6 Å². The molecule has 1 N–H and O–H groups in total. The number of carbonyl (C=O) groups excluding carboxylic acids is 1. The number of aryl methyl sites for hydroxylation is 1. The molecule has 4 saturated carbocycles. The Bertz CT molecular complexity index is 1110. The van der Waals surface area contributed by atoms with Crippen molar-refractivity contribution >= 4 is 21.7 Å². The van der Waals surface area contributed by atoms with Crippen molar-refractivity contribution < 1.29 is 17.9 Å². The molecule has 192 valence electrons. The SMILES string of the molecule is CC(=O)O[C@H]1CC[C@@]2(C)[C@H](CC[C@@H]3[C@H]4CCC(=NNS(=O)(=O)c5ccc(C)cc5)[C@@]4(C)CC[C@@H]32)C1. The fraction of sp³-hybridized carbons (Fsp3) is 0.714. The molecule has 7 heteroatoms. The monoisotopic (exact) mass is 500 g/mol. The molecule has 0 spiro atoms. The largest absolute Gasteiger partial charge is 0.463 e. The van der Waals surface area contributed by atoms with Crippen LogP contribution in [0.5, 0.6) is 0 Å². The summed E-state index contributed by atoms with van der Waals surface area (Å²) in [6, 6.07) is 6.90. The quantitative estimate of drug-likeness (QED) is 0.431. The van der Waals surface area contributed by atoms with Crippen LogP contribution in [-0.4, -0.2) is 26.2 Å². The Morgan fingerprint density at radius 3 is 2.49 bits per heavy atom. The van der Waals surface area contributed by atoms with Crippen LogP contribution in [0.4, 0.5) is 0 Å². The average Bonchev–Trinajstić information content (AvgIpc) is 3.14. The Morgan fingerprint density at radius 2 is 1.77 bits per heavy atom. The van der Waals surface area contributed by atoms with Crippen molar-refractivity contribution in [3.8, 4) is 0 Å². The van der Waals surface area contributed by atoms with Gasteiger partial charge in [0.15, 0.2) is 0 Å². The van der Waals surface area contributed by atoms with Gasteiger partial charge < -0.3 is 4.74 Å². The number of esters is 1. The summed E-state index contributed by atoms with van der Waals surface area (Å²) in [6.07, 6.45) is 9.84. The second-order valence-electron chi connectivity index (χ2n) is 12.1. The van der Waals surface area contributed by atoms with Crippen molar-refractivity contribution in [2.75, 3.05) is 0 Å². The summed E-state index contributed by atoms with van der Waals surface area (Å²) in [5, 5.41) is 4.55. The van der Waals surface area contributed by atoms with Gasteiger partial charge in [-0.15, -0.1) is 0 Å². The first-order chi connectivity index (χ1) is 16.5. The molecule has 1 aromatic carbocycles. The van der Waals surface area contributed by atoms with Crippen molar-refractivity contribution in [3.05, 3.63) is 29.8 Å². The van der Waals surface area contributed by atoms with Crippen molar-refractivity contribution in [3.63, 3.8) is 0 Å². The molecular formula is C28H40N2O4S. The van der Waals surface area contributed by atoms with Crippen LogP contribution in [0.3, 0.4) is 0 Å². The zero-order valence-electron chi connectivity index (χ0n) is 21.5. The van der Waals surface area contributed by atoms with E-state index in [1.165, 1.54) is 26.2 Å². The number of nitrogens with zero attached hydrogens (tertiary/aromatic N) is 1. The summed E-state index contributed by atoms with van der Waals surface area (Å²) >= 11 is 0. The van der Waals surface area contributed by atoms with E-state index in [4.69, 9.17) is 4.74 Å². The number of ether oxygens (including phenoxy) is 1. The highest BCUT2D eigenvalue weighted by Gasteiger charge is 2.59. The molecule has 0 amide bonds. The number of carbonyl (C=O) groups is 1. The first kappa shape index (κ1) is 24.8. The Kier molecular flexibility index (Phi) is 6.30. The molecule has 1 aromatic rings. The minimum atomic E-state index is -3.67. The van der Waals surface area contributed by atoms with Crippen LogP contribution >= 0.6 is 0 Å². The molecule has 4 fully saturated rings. The minimum Gasteiger partial charge on any atom is -0.463 e. The fourth-order valence-corrected chi connectivity index (χ4v) is 9.25. The minimum absolute atomic E-state index is 0.0326. The van der Waals surface area contributed by atoms with E-state index in [0.29, 0.717) is 29.1 Å². The molecule has 4 aliphatic rings. The fourth-order valence-electron chi connectivity index (χ4n) is 8.42. The lowest BCUT2D eigenvalue weighted by Gasteiger charge is -2.60. The highest BCUT2D eigenvalue weighted by atomic mass is 32.2. The number of fused-ring (bicyclic) bond motifs is 5. The predicted octanol–water partition coefficient (Wildman–Crippen LogP) is 5.60. The molecular weight excluding hydrogens is 460 g/mol. The van der Waals surface area contributed by atoms with Gasteiger partial charge >= 0.3 is 5.97 Å².